The number of anilines is 1. The van der Waals surface area contributed by atoms with E-state index in [4.69, 9.17) is 9.47 Å². The number of aromatic nitrogens is 2. The van der Waals surface area contributed by atoms with E-state index in [1.54, 1.807) is 24.9 Å². The Morgan fingerprint density at radius 2 is 1.81 bits per heavy atom. The van der Waals surface area contributed by atoms with Crippen LogP contribution in [0.2, 0.25) is 0 Å². The molecule has 0 aliphatic carbocycles. The lowest BCUT2D eigenvalue weighted by Gasteiger charge is -2.34. The van der Waals surface area contributed by atoms with Gasteiger partial charge in [0.1, 0.15) is 17.3 Å². The van der Waals surface area contributed by atoms with Gasteiger partial charge in [0.25, 0.3) is 5.56 Å². The van der Waals surface area contributed by atoms with E-state index in [1.807, 2.05) is 24.0 Å². The van der Waals surface area contributed by atoms with Crippen molar-refractivity contribution in [2.75, 3.05) is 32.2 Å². The van der Waals surface area contributed by atoms with Gasteiger partial charge in [-0.15, -0.1) is 0 Å². The van der Waals surface area contributed by atoms with E-state index in [2.05, 4.69) is 5.32 Å². The average Bonchev–Trinajstić information content (AvgIpc) is 2.80. The normalized spacial score (nSPS) is 16.1. The van der Waals surface area contributed by atoms with E-state index >= 15 is 0 Å². The van der Waals surface area contributed by atoms with Gasteiger partial charge in [0, 0.05) is 45.4 Å². The third-order valence-electron chi connectivity index (χ3n) is 5.69. The lowest BCUT2D eigenvalue weighted by atomic mass is 9.97. The molecule has 9 heteroatoms. The number of carbonyl (C=O) groups excluding carboxylic acids is 1. The summed E-state index contributed by atoms with van der Waals surface area (Å²) in [6.45, 7) is 3.83. The largest absolute Gasteiger partial charge is 0.497 e. The van der Waals surface area contributed by atoms with Crippen LogP contribution in [0.3, 0.4) is 0 Å². The average molecular weight is 431 g/mol. The van der Waals surface area contributed by atoms with Crippen LogP contribution in [0.15, 0.2) is 33.9 Å². The third kappa shape index (κ3) is 4.92. The maximum Gasteiger partial charge on any atom is 0.332 e. The van der Waals surface area contributed by atoms with Gasteiger partial charge in [-0.25, -0.2) is 4.79 Å². The van der Waals surface area contributed by atoms with Crippen molar-refractivity contribution in [2.45, 2.75) is 32.9 Å². The second-order valence-corrected chi connectivity index (χ2v) is 7.65. The first-order chi connectivity index (χ1) is 14.9. The molecule has 31 heavy (non-hydrogen) atoms. The van der Waals surface area contributed by atoms with Crippen molar-refractivity contribution < 1.29 is 14.3 Å². The fourth-order valence-electron chi connectivity index (χ4n) is 3.92. The summed E-state index contributed by atoms with van der Waals surface area (Å²) in [5.41, 5.74) is 0.190. The number of methoxy groups -OCH3 is 2. The first-order valence-electron chi connectivity index (χ1n) is 10.4. The Hall–Kier alpha value is -3.23. The number of carbonyl (C=O) groups is 1. The maximum atomic E-state index is 12.9. The highest BCUT2D eigenvalue weighted by Gasteiger charge is 2.27. The SMILES string of the molecule is CCn1c(N2CCCC(C(=O)NCc3cc(OC)cc(OC)c3)C2)cc(=O)n(C)c1=O. The van der Waals surface area contributed by atoms with Crippen molar-refractivity contribution in [1.29, 1.82) is 0 Å². The summed E-state index contributed by atoms with van der Waals surface area (Å²) in [5.74, 6) is 1.61. The lowest BCUT2D eigenvalue weighted by Crippen LogP contribution is -2.47. The first kappa shape index (κ1) is 22.5. The van der Waals surface area contributed by atoms with Gasteiger partial charge < -0.3 is 19.7 Å². The van der Waals surface area contributed by atoms with Crippen molar-refractivity contribution in [1.82, 2.24) is 14.5 Å². The zero-order chi connectivity index (χ0) is 22.5. The van der Waals surface area contributed by atoms with Crippen LogP contribution in [0.25, 0.3) is 0 Å². The van der Waals surface area contributed by atoms with Crippen LogP contribution in [0, 0.1) is 5.92 Å². The summed E-state index contributed by atoms with van der Waals surface area (Å²) in [5, 5.41) is 2.99. The second-order valence-electron chi connectivity index (χ2n) is 7.65. The Labute approximate surface area is 181 Å². The molecule has 2 heterocycles. The number of amides is 1. The monoisotopic (exact) mass is 430 g/mol. The van der Waals surface area contributed by atoms with Gasteiger partial charge in [-0.1, -0.05) is 0 Å². The summed E-state index contributed by atoms with van der Waals surface area (Å²) in [6, 6.07) is 6.97. The Morgan fingerprint density at radius 3 is 2.42 bits per heavy atom. The molecular formula is C22H30N4O5. The maximum absolute atomic E-state index is 12.9. The highest BCUT2D eigenvalue weighted by Crippen LogP contribution is 2.24. The third-order valence-corrected chi connectivity index (χ3v) is 5.69. The Bertz CT molecular complexity index is 1040. The van der Waals surface area contributed by atoms with Crippen LogP contribution >= 0.6 is 0 Å². The number of ether oxygens (including phenoxy) is 2. The van der Waals surface area contributed by atoms with Gasteiger partial charge in [-0.3, -0.25) is 18.7 Å². The van der Waals surface area contributed by atoms with Crippen molar-refractivity contribution in [3.05, 3.63) is 50.7 Å². The molecule has 1 aromatic carbocycles. The Kier molecular flexibility index (Phi) is 7.04. The topological polar surface area (TPSA) is 94.8 Å². The Morgan fingerprint density at radius 1 is 1.13 bits per heavy atom. The van der Waals surface area contributed by atoms with Gasteiger partial charge in [0.15, 0.2) is 0 Å². The molecule has 1 aromatic heterocycles. The molecule has 3 rings (SSSR count). The molecule has 1 aliphatic rings. The van der Waals surface area contributed by atoms with Crippen molar-refractivity contribution in [3.63, 3.8) is 0 Å². The molecule has 0 saturated carbocycles. The zero-order valence-corrected chi connectivity index (χ0v) is 18.5. The highest BCUT2D eigenvalue weighted by molar-refractivity contribution is 5.79. The highest BCUT2D eigenvalue weighted by atomic mass is 16.5. The minimum atomic E-state index is -0.344. The summed E-state index contributed by atoms with van der Waals surface area (Å²) in [7, 11) is 4.64. The number of hydrogen-bond donors (Lipinski definition) is 1. The molecule has 1 N–H and O–H groups in total. The van der Waals surface area contributed by atoms with Gasteiger partial charge in [0.05, 0.1) is 20.1 Å². The predicted octanol–water partition coefficient (Wildman–Crippen LogP) is 1.12. The van der Waals surface area contributed by atoms with Crippen LogP contribution in [-0.2, 0) is 24.9 Å². The van der Waals surface area contributed by atoms with Crippen LogP contribution in [-0.4, -0.2) is 42.4 Å². The molecule has 0 spiro atoms. The lowest BCUT2D eigenvalue weighted by molar-refractivity contribution is -0.125. The quantitative estimate of drug-likeness (QED) is 0.707. The minimum absolute atomic E-state index is 0.0549. The molecule has 1 amide bonds. The molecule has 1 aliphatic heterocycles. The molecule has 1 fully saturated rings. The first-order valence-corrected chi connectivity index (χ1v) is 10.4. The van der Waals surface area contributed by atoms with E-state index in [1.165, 1.54) is 13.1 Å². The molecule has 1 atom stereocenters. The van der Waals surface area contributed by atoms with Crippen molar-refractivity contribution in [2.24, 2.45) is 13.0 Å². The Balaban J connectivity index is 1.72. The number of nitrogens with zero attached hydrogens (tertiary/aromatic N) is 3. The molecule has 1 unspecified atom stereocenters. The molecule has 168 valence electrons. The van der Waals surface area contributed by atoms with Gasteiger partial charge in [-0.05, 0) is 37.5 Å². The zero-order valence-electron chi connectivity index (χ0n) is 18.5. The summed E-state index contributed by atoms with van der Waals surface area (Å²) < 4.78 is 13.2. The second kappa shape index (κ2) is 9.72. The molecule has 0 radical (unpaired) electrons. The van der Waals surface area contributed by atoms with Crippen LogP contribution < -0.4 is 30.9 Å². The minimum Gasteiger partial charge on any atom is -0.497 e. The number of hydrogen-bond acceptors (Lipinski definition) is 6. The smallest absolute Gasteiger partial charge is 0.332 e. The van der Waals surface area contributed by atoms with E-state index < -0.39 is 0 Å². The molecule has 1 saturated heterocycles. The summed E-state index contributed by atoms with van der Waals surface area (Å²) >= 11 is 0. The van der Waals surface area contributed by atoms with Crippen LogP contribution in [0.1, 0.15) is 25.3 Å². The van der Waals surface area contributed by atoms with Crippen molar-refractivity contribution in [3.8, 4) is 11.5 Å². The van der Waals surface area contributed by atoms with Gasteiger partial charge in [0.2, 0.25) is 5.91 Å². The summed E-state index contributed by atoms with van der Waals surface area (Å²) in [6.07, 6.45) is 1.56. The van der Waals surface area contributed by atoms with Crippen LogP contribution in [0.4, 0.5) is 5.82 Å². The number of benzene rings is 1. The van der Waals surface area contributed by atoms with Crippen molar-refractivity contribution >= 4 is 11.7 Å². The number of nitrogens with one attached hydrogen (secondary N) is 1. The molecular weight excluding hydrogens is 400 g/mol. The molecule has 9 nitrogen and oxygen atoms in total. The van der Waals surface area contributed by atoms with Crippen LogP contribution in [0.5, 0.6) is 11.5 Å². The number of rotatable bonds is 7. The standard InChI is InChI=1S/C22H30N4O5/c1-5-26-19(12-20(27)24(2)22(26)29)25-8-6-7-16(14-25)21(28)23-13-15-9-17(30-3)11-18(10-15)31-4/h9-12,16H,5-8,13-14H2,1-4H3,(H,23,28). The fraction of sp³-hybridized carbons (Fsp3) is 0.500. The van der Waals surface area contributed by atoms with Gasteiger partial charge in [-0.2, -0.15) is 0 Å². The van der Waals surface area contributed by atoms with E-state index in [-0.39, 0.29) is 23.1 Å². The number of piperidine rings is 1. The van der Waals surface area contributed by atoms with E-state index in [9.17, 15) is 14.4 Å². The molecule has 0 bridgehead atoms. The predicted molar refractivity (Wildman–Crippen MR) is 118 cm³/mol. The van der Waals surface area contributed by atoms with Gasteiger partial charge >= 0.3 is 5.69 Å². The van der Waals surface area contributed by atoms with E-state index in [0.717, 1.165) is 23.0 Å². The molecule has 2 aromatic rings. The summed E-state index contributed by atoms with van der Waals surface area (Å²) in [4.78, 5) is 39.5. The van der Waals surface area contributed by atoms with E-state index in [0.29, 0.717) is 43.5 Å². The fourth-order valence-corrected chi connectivity index (χ4v) is 3.92.